The van der Waals surface area contributed by atoms with Crippen LogP contribution in [-0.2, 0) is 16.0 Å². The van der Waals surface area contributed by atoms with E-state index in [1.807, 2.05) is 51.1 Å². The quantitative estimate of drug-likeness (QED) is 0.761. The summed E-state index contributed by atoms with van der Waals surface area (Å²) in [6, 6.07) is 9.82. The Morgan fingerprint density at radius 1 is 1.28 bits per heavy atom. The fraction of sp³-hybridized carbons (Fsp3) is 0.333. The SMILES string of the molecule is CC(C)(C)OC(=O)Cc1cnc2ccccc2c1. The molecule has 3 nitrogen and oxygen atoms in total. The molecule has 1 aromatic heterocycles. The van der Waals surface area contributed by atoms with E-state index in [0.29, 0.717) is 0 Å². The van der Waals surface area contributed by atoms with Crippen LogP contribution in [0.5, 0.6) is 0 Å². The number of pyridine rings is 1. The van der Waals surface area contributed by atoms with Crippen LogP contribution in [0.25, 0.3) is 10.9 Å². The van der Waals surface area contributed by atoms with Crippen molar-refractivity contribution in [2.24, 2.45) is 0 Å². The van der Waals surface area contributed by atoms with Gasteiger partial charge in [0.25, 0.3) is 0 Å². The lowest BCUT2D eigenvalue weighted by atomic mass is 10.1. The van der Waals surface area contributed by atoms with Crippen molar-refractivity contribution in [3.05, 3.63) is 42.1 Å². The number of benzene rings is 1. The van der Waals surface area contributed by atoms with Crippen molar-refractivity contribution in [1.29, 1.82) is 0 Å². The van der Waals surface area contributed by atoms with Gasteiger partial charge < -0.3 is 4.74 Å². The lowest BCUT2D eigenvalue weighted by Crippen LogP contribution is -2.24. The number of carbonyl (C=O) groups is 1. The Kier molecular flexibility index (Phi) is 3.32. The number of carbonyl (C=O) groups excluding carboxylic acids is 1. The van der Waals surface area contributed by atoms with E-state index in [0.717, 1.165) is 16.5 Å². The van der Waals surface area contributed by atoms with E-state index in [1.54, 1.807) is 6.20 Å². The van der Waals surface area contributed by atoms with Gasteiger partial charge in [0.05, 0.1) is 11.9 Å². The van der Waals surface area contributed by atoms with Gasteiger partial charge in [0.2, 0.25) is 0 Å². The van der Waals surface area contributed by atoms with Crippen molar-refractivity contribution in [1.82, 2.24) is 4.98 Å². The van der Waals surface area contributed by atoms with Crippen LogP contribution in [0.3, 0.4) is 0 Å². The predicted octanol–water partition coefficient (Wildman–Crippen LogP) is 3.12. The van der Waals surface area contributed by atoms with Crippen molar-refractivity contribution >= 4 is 16.9 Å². The molecule has 0 radical (unpaired) electrons. The fourth-order valence-electron chi connectivity index (χ4n) is 1.76. The van der Waals surface area contributed by atoms with Gasteiger partial charge in [0.1, 0.15) is 5.60 Å². The zero-order chi connectivity index (χ0) is 13.2. The highest BCUT2D eigenvalue weighted by Gasteiger charge is 2.16. The van der Waals surface area contributed by atoms with Crippen molar-refractivity contribution in [2.75, 3.05) is 0 Å². The first kappa shape index (κ1) is 12.6. The van der Waals surface area contributed by atoms with Gasteiger partial charge in [0.15, 0.2) is 0 Å². The molecule has 0 aliphatic heterocycles. The molecule has 3 heteroatoms. The minimum absolute atomic E-state index is 0.223. The van der Waals surface area contributed by atoms with Gasteiger partial charge in [-0.2, -0.15) is 0 Å². The molecule has 0 atom stereocenters. The second kappa shape index (κ2) is 4.77. The second-order valence-corrected chi connectivity index (χ2v) is 5.30. The largest absolute Gasteiger partial charge is 0.460 e. The number of esters is 1. The number of ether oxygens (including phenoxy) is 1. The molecule has 0 saturated heterocycles. The topological polar surface area (TPSA) is 39.2 Å². The average Bonchev–Trinajstić information content (AvgIpc) is 2.26. The highest BCUT2D eigenvalue weighted by Crippen LogP contribution is 2.14. The number of hydrogen-bond donors (Lipinski definition) is 0. The molecule has 0 aliphatic rings. The number of hydrogen-bond acceptors (Lipinski definition) is 3. The van der Waals surface area contributed by atoms with Gasteiger partial charge in [-0.1, -0.05) is 18.2 Å². The van der Waals surface area contributed by atoms with E-state index in [-0.39, 0.29) is 12.4 Å². The summed E-state index contributed by atoms with van der Waals surface area (Å²) in [4.78, 5) is 16.0. The predicted molar refractivity (Wildman–Crippen MR) is 71.3 cm³/mol. The van der Waals surface area contributed by atoms with Gasteiger partial charge >= 0.3 is 5.97 Å². The maximum absolute atomic E-state index is 11.7. The van der Waals surface area contributed by atoms with Crippen LogP contribution in [0.1, 0.15) is 26.3 Å². The third-order valence-electron chi connectivity index (χ3n) is 2.42. The Morgan fingerprint density at radius 3 is 2.72 bits per heavy atom. The van der Waals surface area contributed by atoms with E-state index in [2.05, 4.69) is 4.98 Å². The molecule has 94 valence electrons. The molecule has 18 heavy (non-hydrogen) atoms. The van der Waals surface area contributed by atoms with Crippen LogP contribution in [0.15, 0.2) is 36.5 Å². The molecule has 0 bridgehead atoms. The number of para-hydroxylation sites is 1. The Morgan fingerprint density at radius 2 is 2.00 bits per heavy atom. The van der Waals surface area contributed by atoms with E-state index in [4.69, 9.17) is 4.74 Å². The van der Waals surface area contributed by atoms with Gasteiger partial charge in [-0.3, -0.25) is 9.78 Å². The Balaban J connectivity index is 2.15. The molecule has 0 unspecified atom stereocenters. The smallest absolute Gasteiger partial charge is 0.310 e. The molecule has 1 heterocycles. The maximum atomic E-state index is 11.7. The standard InChI is InChI=1S/C15H17NO2/c1-15(2,3)18-14(17)9-11-8-12-6-4-5-7-13(12)16-10-11/h4-8,10H,9H2,1-3H3. The summed E-state index contributed by atoms with van der Waals surface area (Å²) in [5.74, 6) is -0.223. The van der Waals surface area contributed by atoms with Gasteiger partial charge in [-0.05, 0) is 38.5 Å². The Hall–Kier alpha value is -1.90. The van der Waals surface area contributed by atoms with E-state index in [9.17, 15) is 4.79 Å². The summed E-state index contributed by atoms with van der Waals surface area (Å²) in [5.41, 5.74) is 1.37. The van der Waals surface area contributed by atoms with Crippen molar-refractivity contribution in [3.63, 3.8) is 0 Å². The van der Waals surface area contributed by atoms with E-state index in [1.165, 1.54) is 0 Å². The average molecular weight is 243 g/mol. The van der Waals surface area contributed by atoms with Gasteiger partial charge in [-0.25, -0.2) is 0 Å². The summed E-state index contributed by atoms with van der Waals surface area (Å²) >= 11 is 0. The molecule has 0 fully saturated rings. The third-order valence-corrected chi connectivity index (χ3v) is 2.42. The zero-order valence-electron chi connectivity index (χ0n) is 10.9. The van der Waals surface area contributed by atoms with Gasteiger partial charge in [-0.15, -0.1) is 0 Å². The number of fused-ring (bicyclic) bond motifs is 1. The molecular formula is C15H17NO2. The highest BCUT2D eigenvalue weighted by molar-refractivity contribution is 5.80. The minimum Gasteiger partial charge on any atom is -0.460 e. The minimum atomic E-state index is -0.443. The van der Waals surface area contributed by atoms with Crippen molar-refractivity contribution in [3.8, 4) is 0 Å². The van der Waals surface area contributed by atoms with E-state index >= 15 is 0 Å². The summed E-state index contributed by atoms with van der Waals surface area (Å²) in [7, 11) is 0. The molecule has 0 amide bonds. The highest BCUT2D eigenvalue weighted by atomic mass is 16.6. The van der Waals surface area contributed by atoms with Crippen LogP contribution in [0, 0.1) is 0 Å². The number of aromatic nitrogens is 1. The van der Waals surface area contributed by atoms with Crippen molar-refractivity contribution < 1.29 is 9.53 Å². The molecule has 2 rings (SSSR count). The third kappa shape index (κ3) is 3.29. The molecule has 1 aromatic carbocycles. The summed E-state index contributed by atoms with van der Waals surface area (Å²) < 4.78 is 5.29. The molecule has 0 spiro atoms. The lowest BCUT2D eigenvalue weighted by molar-refractivity contribution is -0.153. The molecule has 2 aromatic rings. The van der Waals surface area contributed by atoms with Crippen LogP contribution < -0.4 is 0 Å². The first-order chi connectivity index (χ1) is 8.44. The molecular weight excluding hydrogens is 226 g/mol. The second-order valence-electron chi connectivity index (χ2n) is 5.30. The summed E-state index contributed by atoms with van der Waals surface area (Å²) in [6.07, 6.45) is 1.99. The monoisotopic (exact) mass is 243 g/mol. The van der Waals surface area contributed by atoms with Crippen LogP contribution in [0.4, 0.5) is 0 Å². The lowest BCUT2D eigenvalue weighted by Gasteiger charge is -2.19. The maximum Gasteiger partial charge on any atom is 0.310 e. The zero-order valence-corrected chi connectivity index (χ0v) is 10.9. The van der Waals surface area contributed by atoms with Gasteiger partial charge in [0, 0.05) is 11.6 Å². The Bertz CT molecular complexity index is 570. The molecule has 0 saturated carbocycles. The normalized spacial score (nSPS) is 11.5. The molecule has 0 aliphatic carbocycles. The van der Waals surface area contributed by atoms with E-state index < -0.39 is 5.60 Å². The van der Waals surface area contributed by atoms with Crippen LogP contribution in [0.2, 0.25) is 0 Å². The first-order valence-electron chi connectivity index (χ1n) is 5.99. The summed E-state index contributed by atoms with van der Waals surface area (Å²) in [5, 5.41) is 1.04. The fourth-order valence-corrected chi connectivity index (χ4v) is 1.76. The Labute approximate surface area is 107 Å². The van der Waals surface area contributed by atoms with Crippen molar-refractivity contribution in [2.45, 2.75) is 32.8 Å². The van der Waals surface area contributed by atoms with Crippen LogP contribution in [-0.4, -0.2) is 16.6 Å². The van der Waals surface area contributed by atoms with Crippen LogP contribution >= 0.6 is 0 Å². The summed E-state index contributed by atoms with van der Waals surface area (Å²) in [6.45, 7) is 5.59. The number of nitrogens with zero attached hydrogens (tertiary/aromatic N) is 1. The number of rotatable bonds is 2. The first-order valence-corrected chi connectivity index (χ1v) is 5.99. The molecule has 0 N–H and O–H groups in total.